The Labute approximate surface area is 128 Å². The quantitative estimate of drug-likeness (QED) is 0.788. The molecule has 21 heavy (non-hydrogen) atoms. The van der Waals surface area contributed by atoms with Crippen LogP contribution in [0.3, 0.4) is 0 Å². The summed E-state index contributed by atoms with van der Waals surface area (Å²) in [6.07, 6.45) is 0. The molecule has 2 rings (SSSR count). The summed E-state index contributed by atoms with van der Waals surface area (Å²) in [5.41, 5.74) is 0. The molecule has 0 saturated carbocycles. The van der Waals surface area contributed by atoms with Gasteiger partial charge in [0.25, 0.3) is 10.0 Å². The Balaban J connectivity index is 2.32. The monoisotopic (exact) mass is 349 g/mol. The summed E-state index contributed by atoms with van der Waals surface area (Å²) >= 11 is 6.50. The van der Waals surface area contributed by atoms with Crippen LogP contribution in [0.4, 0.5) is 5.95 Å². The number of carboxylic acids is 1. The number of nitrogens with one attached hydrogen (secondary N) is 1. The van der Waals surface area contributed by atoms with Gasteiger partial charge < -0.3 is 9.84 Å². The molecule has 0 unspecified atom stereocenters. The van der Waals surface area contributed by atoms with Crippen molar-refractivity contribution in [1.82, 2.24) is 9.97 Å². The van der Waals surface area contributed by atoms with E-state index in [0.29, 0.717) is 0 Å². The van der Waals surface area contributed by atoms with E-state index in [2.05, 4.69) is 14.7 Å². The van der Waals surface area contributed by atoms with Gasteiger partial charge in [0.15, 0.2) is 0 Å². The van der Waals surface area contributed by atoms with E-state index in [-0.39, 0.29) is 26.8 Å². The molecule has 2 heterocycles. The van der Waals surface area contributed by atoms with Crippen molar-refractivity contribution in [1.29, 1.82) is 0 Å². The number of rotatable bonds is 5. The number of nitrogens with zero attached hydrogens (tertiary/aromatic N) is 2. The Hall–Kier alpha value is -1.91. The van der Waals surface area contributed by atoms with Gasteiger partial charge in [-0.25, -0.2) is 22.9 Å². The second kappa shape index (κ2) is 5.84. The number of ether oxygens (including phenoxy) is 1. The molecule has 0 radical (unpaired) electrons. The van der Waals surface area contributed by atoms with Crippen LogP contribution in [0.25, 0.3) is 0 Å². The first kappa shape index (κ1) is 15.5. The normalized spacial score (nSPS) is 11.1. The van der Waals surface area contributed by atoms with Gasteiger partial charge in [0, 0.05) is 11.4 Å². The van der Waals surface area contributed by atoms with E-state index >= 15 is 0 Å². The third-order valence-corrected chi connectivity index (χ3v) is 4.77. The molecule has 0 saturated heterocycles. The van der Waals surface area contributed by atoms with Crippen molar-refractivity contribution >= 4 is 44.9 Å². The van der Waals surface area contributed by atoms with Crippen LogP contribution in [0, 0.1) is 0 Å². The molecule has 0 atom stereocenters. The van der Waals surface area contributed by atoms with Crippen molar-refractivity contribution in [2.45, 2.75) is 4.90 Å². The predicted molar refractivity (Wildman–Crippen MR) is 75.7 cm³/mol. The van der Waals surface area contributed by atoms with E-state index < -0.39 is 16.0 Å². The number of hydrogen-bond acceptors (Lipinski definition) is 7. The summed E-state index contributed by atoms with van der Waals surface area (Å²) < 4.78 is 31.1. The molecule has 0 aliphatic carbocycles. The highest BCUT2D eigenvalue weighted by Crippen LogP contribution is 2.22. The summed E-state index contributed by atoms with van der Waals surface area (Å²) in [6, 6.07) is 2.35. The van der Waals surface area contributed by atoms with Crippen molar-refractivity contribution in [3.8, 4) is 5.88 Å². The number of sulfonamides is 1. The molecule has 112 valence electrons. The average molecular weight is 350 g/mol. The van der Waals surface area contributed by atoms with Gasteiger partial charge in [-0.1, -0.05) is 11.6 Å². The minimum Gasteiger partial charge on any atom is -0.481 e. The van der Waals surface area contributed by atoms with E-state index in [0.717, 1.165) is 17.4 Å². The van der Waals surface area contributed by atoms with Gasteiger partial charge in [-0.3, -0.25) is 0 Å². The lowest BCUT2D eigenvalue weighted by Crippen LogP contribution is -2.14. The highest BCUT2D eigenvalue weighted by molar-refractivity contribution is 7.92. The zero-order valence-electron chi connectivity index (χ0n) is 10.4. The van der Waals surface area contributed by atoms with Crippen LogP contribution in [0.2, 0.25) is 5.15 Å². The lowest BCUT2D eigenvalue weighted by atomic mass is 10.5. The van der Waals surface area contributed by atoms with Gasteiger partial charge in [-0.2, -0.15) is 4.98 Å². The van der Waals surface area contributed by atoms with Gasteiger partial charge >= 0.3 is 5.97 Å². The molecule has 0 fully saturated rings. The molecule has 0 bridgehead atoms. The van der Waals surface area contributed by atoms with Gasteiger partial charge in [-0.15, -0.1) is 11.3 Å². The Morgan fingerprint density at radius 1 is 1.43 bits per heavy atom. The first-order valence-electron chi connectivity index (χ1n) is 5.25. The Kier molecular flexibility index (Phi) is 4.30. The number of halogens is 1. The van der Waals surface area contributed by atoms with E-state index in [1.54, 1.807) is 0 Å². The number of carbonyl (C=O) groups is 1. The molecule has 11 heteroatoms. The second-order valence-electron chi connectivity index (χ2n) is 3.61. The Morgan fingerprint density at radius 3 is 2.71 bits per heavy atom. The van der Waals surface area contributed by atoms with Gasteiger partial charge in [0.2, 0.25) is 11.8 Å². The topological polar surface area (TPSA) is 118 Å². The number of carboxylic acid groups (broad SMARTS) is 1. The van der Waals surface area contributed by atoms with Crippen LogP contribution in [-0.4, -0.2) is 36.6 Å². The fourth-order valence-electron chi connectivity index (χ4n) is 1.30. The first-order valence-corrected chi connectivity index (χ1v) is 7.99. The maximum absolute atomic E-state index is 12.1. The highest BCUT2D eigenvalue weighted by atomic mass is 35.5. The number of methoxy groups -OCH3 is 1. The molecule has 0 amide bonds. The Morgan fingerprint density at radius 2 is 2.14 bits per heavy atom. The van der Waals surface area contributed by atoms with Gasteiger partial charge in [0.05, 0.1) is 12.0 Å². The van der Waals surface area contributed by atoms with E-state index in [9.17, 15) is 13.2 Å². The molecule has 2 aromatic heterocycles. The lowest BCUT2D eigenvalue weighted by molar-refractivity contribution is 0.0702. The summed E-state index contributed by atoms with van der Waals surface area (Å²) in [5.74, 6) is -1.39. The third kappa shape index (κ3) is 3.60. The molecular formula is C10H8ClN3O5S2. The SMILES string of the molecule is COc1cc(Cl)nc(NS(=O)(=O)c2csc(C(=O)O)c2)n1. The Bertz CT molecular complexity index is 790. The molecular weight excluding hydrogens is 342 g/mol. The van der Waals surface area contributed by atoms with E-state index in [1.807, 2.05) is 0 Å². The van der Waals surface area contributed by atoms with Crippen molar-refractivity contribution in [3.63, 3.8) is 0 Å². The summed E-state index contributed by atoms with van der Waals surface area (Å²) in [6.45, 7) is 0. The summed E-state index contributed by atoms with van der Waals surface area (Å²) in [7, 11) is -2.67. The minimum atomic E-state index is -4.01. The molecule has 0 aliphatic heterocycles. The average Bonchev–Trinajstić information content (AvgIpc) is 2.87. The molecule has 2 aromatic rings. The van der Waals surface area contributed by atoms with Crippen LogP contribution in [-0.2, 0) is 10.0 Å². The number of hydrogen-bond donors (Lipinski definition) is 2. The molecule has 0 aliphatic rings. The van der Waals surface area contributed by atoms with Crippen molar-refractivity contribution in [2.75, 3.05) is 11.8 Å². The highest BCUT2D eigenvalue weighted by Gasteiger charge is 2.20. The standard InChI is InChI=1S/C10H8ClN3O5S2/c1-19-8-3-7(11)12-10(13-8)14-21(17,18)5-2-6(9(15)16)20-4-5/h2-4H,1H3,(H,15,16)(H,12,13,14). The van der Waals surface area contributed by atoms with Crippen LogP contribution in [0.5, 0.6) is 5.88 Å². The number of thiophene rings is 1. The maximum Gasteiger partial charge on any atom is 0.345 e. The van der Waals surface area contributed by atoms with Crippen LogP contribution >= 0.6 is 22.9 Å². The first-order chi connectivity index (χ1) is 9.81. The van der Waals surface area contributed by atoms with Gasteiger partial charge in [0.1, 0.15) is 10.0 Å². The lowest BCUT2D eigenvalue weighted by Gasteiger charge is -2.06. The van der Waals surface area contributed by atoms with Crippen molar-refractivity contribution in [2.24, 2.45) is 0 Å². The smallest absolute Gasteiger partial charge is 0.345 e. The summed E-state index contributed by atoms with van der Waals surface area (Å²) in [5, 5.41) is 9.99. The fourth-order valence-corrected chi connectivity index (χ4v) is 3.53. The molecule has 0 aromatic carbocycles. The zero-order valence-corrected chi connectivity index (χ0v) is 12.8. The molecule has 2 N–H and O–H groups in total. The number of aromatic nitrogens is 2. The predicted octanol–water partition coefficient (Wildman–Crippen LogP) is 1.70. The molecule has 8 nitrogen and oxygen atoms in total. The van der Waals surface area contributed by atoms with E-state index in [1.165, 1.54) is 18.6 Å². The fraction of sp³-hybridized carbons (Fsp3) is 0.100. The van der Waals surface area contributed by atoms with Crippen LogP contribution in [0.1, 0.15) is 9.67 Å². The van der Waals surface area contributed by atoms with E-state index in [4.69, 9.17) is 21.4 Å². The van der Waals surface area contributed by atoms with Crippen LogP contribution < -0.4 is 9.46 Å². The second-order valence-corrected chi connectivity index (χ2v) is 6.59. The minimum absolute atomic E-state index is 0.00362. The number of aromatic carboxylic acids is 1. The largest absolute Gasteiger partial charge is 0.481 e. The summed E-state index contributed by atoms with van der Waals surface area (Å²) in [4.78, 5) is 18.0. The third-order valence-electron chi connectivity index (χ3n) is 2.20. The molecule has 0 spiro atoms. The van der Waals surface area contributed by atoms with Gasteiger partial charge in [-0.05, 0) is 6.07 Å². The maximum atomic E-state index is 12.1. The zero-order chi connectivity index (χ0) is 15.6. The van der Waals surface area contributed by atoms with Crippen molar-refractivity contribution in [3.05, 3.63) is 27.5 Å². The van der Waals surface area contributed by atoms with Crippen LogP contribution in [0.15, 0.2) is 22.4 Å². The van der Waals surface area contributed by atoms with Crippen molar-refractivity contribution < 1.29 is 23.1 Å². The number of anilines is 1.